The lowest BCUT2D eigenvalue weighted by Crippen LogP contribution is -2.37. The molecule has 6 aromatic carbocycles. The van der Waals surface area contributed by atoms with E-state index in [1.165, 1.54) is 71.4 Å². The summed E-state index contributed by atoms with van der Waals surface area (Å²) in [4.78, 5) is 0. The molecule has 208 valence electrons. The number of fused-ring (bicyclic) bond motifs is 3. The van der Waals surface area contributed by atoms with E-state index in [4.69, 9.17) is 0 Å². The largest absolute Gasteiger partial charge is 0.366 e. The van der Waals surface area contributed by atoms with Crippen molar-refractivity contribution in [3.05, 3.63) is 162 Å². The van der Waals surface area contributed by atoms with E-state index in [2.05, 4.69) is 165 Å². The van der Waals surface area contributed by atoms with Gasteiger partial charge in [0.05, 0.1) is 28.1 Å². The Balaban J connectivity index is 1.19. The highest BCUT2D eigenvalue weighted by Gasteiger charge is 2.28. The zero-order valence-corrected chi connectivity index (χ0v) is 23.9. The molecule has 1 aliphatic rings. The number of nitrogens with one attached hydrogen (secondary N) is 2. The molecule has 4 heterocycles. The lowest BCUT2D eigenvalue weighted by molar-refractivity contribution is 0.506. The second kappa shape index (κ2) is 8.96. The molecule has 10 rings (SSSR count). The van der Waals surface area contributed by atoms with Gasteiger partial charge in [0.25, 0.3) is 0 Å². The number of anilines is 1. The smallest absolute Gasteiger partial charge is 0.104 e. The Morgan fingerprint density at radius 3 is 2.20 bits per heavy atom. The van der Waals surface area contributed by atoms with Gasteiger partial charge in [-0.3, -0.25) is 5.32 Å². The van der Waals surface area contributed by atoms with Crippen LogP contribution in [-0.2, 0) is 0 Å². The van der Waals surface area contributed by atoms with Crippen molar-refractivity contribution in [3.8, 4) is 5.69 Å². The molecule has 9 aromatic rings. The molecule has 2 unspecified atom stereocenters. The van der Waals surface area contributed by atoms with Gasteiger partial charge in [-0.2, -0.15) is 0 Å². The second-order valence-electron chi connectivity index (χ2n) is 11.9. The first-order valence-corrected chi connectivity index (χ1v) is 15.3. The number of hydrogen-bond donors (Lipinski definition) is 2. The van der Waals surface area contributed by atoms with Crippen molar-refractivity contribution in [2.75, 3.05) is 5.32 Å². The molecular weight excluding hydrogens is 536 g/mol. The van der Waals surface area contributed by atoms with Crippen molar-refractivity contribution in [1.82, 2.24) is 14.3 Å². The highest BCUT2D eigenvalue weighted by atomic mass is 15.2. The summed E-state index contributed by atoms with van der Waals surface area (Å²) < 4.78 is 4.82. The molecule has 4 nitrogen and oxygen atoms in total. The fourth-order valence-corrected chi connectivity index (χ4v) is 7.68. The first-order chi connectivity index (χ1) is 21.8. The molecule has 2 N–H and O–H groups in total. The average molecular weight is 565 g/mol. The Bertz CT molecular complexity index is 2500. The Kier molecular flexibility index (Phi) is 4.87. The van der Waals surface area contributed by atoms with Crippen LogP contribution < -0.4 is 10.6 Å². The van der Waals surface area contributed by atoms with Crippen molar-refractivity contribution in [1.29, 1.82) is 0 Å². The Labute approximate surface area is 254 Å². The van der Waals surface area contributed by atoms with Crippen molar-refractivity contribution in [2.45, 2.75) is 12.2 Å². The van der Waals surface area contributed by atoms with Crippen LogP contribution in [0.15, 0.2) is 146 Å². The molecule has 0 saturated heterocycles. The first-order valence-electron chi connectivity index (χ1n) is 15.3. The first kappa shape index (κ1) is 23.9. The molecule has 0 saturated carbocycles. The van der Waals surface area contributed by atoms with E-state index in [1.54, 1.807) is 0 Å². The van der Waals surface area contributed by atoms with Crippen LogP contribution in [0.4, 0.5) is 5.69 Å². The summed E-state index contributed by atoms with van der Waals surface area (Å²) in [6, 6.07) is 50.8. The van der Waals surface area contributed by atoms with E-state index in [1.807, 2.05) is 0 Å². The van der Waals surface area contributed by atoms with Gasteiger partial charge < -0.3 is 14.3 Å². The SMILES string of the molecule is c1ccc(C2NC(c3cccc(-n4c5cccc6c7cccc8ccn(c9cccc4c9c65)c87)c3)Nc3ccccc32)cc1. The number of nitrogens with zero attached hydrogens (tertiary/aromatic N) is 2. The topological polar surface area (TPSA) is 33.4 Å². The Morgan fingerprint density at radius 1 is 0.545 bits per heavy atom. The summed E-state index contributed by atoms with van der Waals surface area (Å²) in [6.07, 6.45) is 2.17. The van der Waals surface area contributed by atoms with Crippen LogP contribution in [0.1, 0.15) is 28.9 Å². The molecule has 0 amide bonds. The highest BCUT2D eigenvalue weighted by Crippen LogP contribution is 2.42. The van der Waals surface area contributed by atoms with E-state index in [0.717, 1.165) is 5.69 Å². The van der Waals surface area contributed by atoms with Crippen LogP contribution in [0.3, 0.4) is 0 Å². The molecule has 2 atom stereocenters. The van der Waals surface area contributed by atoms with Gasteiger partial charge in [-0.1, -0.05) is 97.1 Å². The predicted molar refractivity (Wildman–Crippen MR) is 182 cm³/mol. The van der Waals surface area contributed by atoms with E-state index in [0.29, 0.717) is 0 Å². The maximum absolute atomic E-state index is 3.92. The van der Waals surface area contributed by atoms with Crippen molar-refractivity contribution < 1.29 is 0 Å². The molecular formula is C40H28N4. The fourth-order valence-electron chi connectivity index (χ4n) is 7.68. The van der Waals surface area contributed by atoms with Gasteiger partial charge in [0.2, 0.25) is 0 Å². The standard InChI is InChI=1S/C40H28N4/c1-2-10-25(11-3-1)38-31-15-4-5-18-32(31)41-40(42-38)27-13-6-14-28(24-27)44-34-20-8-16-29-30-17-7-12-26-22-23-43(39(26)30)33-19-9-21-35(44)37(33)36(29)34/h1-24,38,40-42H. The predicted octanol–water partition coefficient (Wildman–Crippen LogP) is 9.58. The summed E-state index contributed by atoms with van der Waals surface area (Å²) in [5.74, 6) is 0. The minimum atomic E-state index is -0.0480. The quantitative estimate of drug-likeness (QED) is 0.224. The molecule has 0 radical (unpaired) electrons. The van der Waals surface area contributed by atoms with Gasteiger partial charge in [-0.15, -0.1) is 0 Å². The molecule has 0 spiro atoms. The molecule has 44 heavy (non-hydrogen) atoms. The zero-order valence-electron chi connectivity index (χ0n) is 23.9. The molecule has 0 fully saturated rings. The third-order valence-electron chi connectivity index (χ3n) is 9.56. The van der Waals surface area contributed by atoms with Crippen LogP contribution in [0.2, 0.25) is 0 Å². The Morgan fingerprint density at radius 2 is 1.27 bits per heavy atom. The van der Waals surface area contributed by atoms with Gasteiger partial charge in [-0.25, -0.2) is 0 Å². The van der Waals surface area contributed by atoms with Gasteiger partial charge in [0.1, 0.15) is 6.17 Å². The maximum Gasteiger partial charge on any atom is 0.104 e. The van der Waals surface area contributed by atoms with Crippen molar-refractivity contribution >= 4 is 54.7 Å². The number of aromatic nitrogens is 2. The fraction of sp³-hybridized carbons (Fsp3) is 0.0500. The lowest BCUT2D eigenvalue weighted by Gasteiger charge is -2.35. The summed E-state index contributed by atoms with van der Waals surface area (Å²) in [5, 5.41) is 14.2. The normalized spacial score (nSPS) is 16.7. The summed E-state index contributed by atoms with van der Waals surface area (Å²) in [7, 11) is 0. The summed E-state index contributed by atoms with van der Waals surface area (Å²) >= 11 is 0. The van der Waals surface area contributed by atoms with Crippen molar-refractivity contribution in [2.24, 2.45) is 0 Å². The molecule has 0 bridgehead atoms. The van der Waals surface area contributed by atoms with Crippen LogP contribution in [0, 0.1) is 0 Å². The third kappa shape index (κ3) is 3.26. The van der Waals surface area contributed by atoms with Crippen LogP contribution in [0.5, 0.6) is 0 Å². The van der Waals surface area contributed by atoms with Gasteiger partial charge in [0, 0.05) is 39.1 Å². The van der Waals surface area contributed by atoms with Crippen LogP contribution in [-0.4, -0.2) is 8.97 Å². The van der Waals surface area contributed by atoms with E-state index < -0.39 is 0 Å². The maximum atomic E-state index is 3.92. The summed E-state index contributed by atoms with van der Waals surface area (Å²) in [6.45, 7) is 0. The van der Waals surface area contributed by atoms with E-state index in [9.17, 15) is 0 Å². The average Bonchev–Trinajstić information content (AvgIpc) is 3.64. The number of para-hydroxylation sites is 2. The highest BCUT2D eigenvalue weighted by molar-refractivity contribution is 6.28. The second-order valence-corrected chi connectivity index (χ2v) is 11.9. The van der Waals surface area contributed by atoms with Gasteiger partial charge >= 0.3 is 0 Å². The van der Waals surface area contributed by atoms with E-state index >= 15 is 0 Å². The van der Waals surface area contributed by atoms with Gasteiger partial charge in [-0.05, 0) is 64.5 Å². The zero-order chi connectivity index (χ0) is 28.8. The summed E-state index contributed by atoms with van der Waals surface area (Å²) in [5.41, 5.74) is 11.0. The van der Waals surface area contributed by atoms with Gasteiger partial charge in [0.15, 0.2) is 0 Å². The molecule has 3 aromatic heterocycles. The molecule has 0 aliphatic carbocycles. The number of hydrogen-bond acceptors (Lipinski definition) is 2. The van der Waals surface area contributed by atoms with Crippen molar-refractivity contribution in [3.63, 3.8) is 0 Å². The minimum absolute atomic E-state index is 0.0480. The van der Waals surface area contributed by atoms with E-state index in [-0.39, 0.29) is 12.2 Å². The third-order valence-corrected chi connectivity index (χ3v) is 9.56. The minimum Gasteiger partial charge on any atom is -0.366 e. The monoisotopic (exact) mass is 564 g/mol. The Hall–Kier alpha value is -5.58. The van der Waals surface area contributed by atoms with Crippen LogP contribution in [0.25, 0.3) is 54.7 Å². The van der Waals surface area contributed by atoms with Crippen LogP contribution >= 0.6 is 0 Å². The number of rotatable bonds is 3. The molecule has 4 heteroatoms. The lowest BCUT2D eigenvalue weighted by atomic mass is 9.93. The molecule has 1 aliphatic heterocycles. The number of benzene rings is 6.